The number of anilines is 1. The zero-order valence-corrected chi connectivity index (χ0v) is 11.1. The van der Waals surface area contributed by atoms with Crippen LogP contribution in [0.4, 0.5) is 5.95 Å². The minimum atomic E-state index is 0.563. The number of fused-ring (bicyclic) bond motifs is 1. The molecule has 0 spiro atoms. The molecule has 96 valence electrons. The summed E-state index contributed by atoms with van der Waals surface area (Å²) in [6.07, 6.45) is 8.09. The van der Waals surface area contributed by atoms with Crippen LogP contribution in [0.3, 0.4) is 0 Å². The molecule has 1 aliphatic carbocycles. The van der Waals surface area contributed by atoms with Gasteiger partial charge in [-0.2, -0.15) is 4.98 Å². The van der Waals surface area contributed by atoms with Crippen molar-refractivity contribution in [2.45, 2.75) is 45.1 Å². The summed E-state index contributed by atoms with van der Waals surface area (Å²) in [6, 6.07) is 2.74. The Hall–Kier alpha value is -1.58. The lowest BCUT2D eigenvalue weighted by Crippen LogP contribution is -2.16. The minimum absolute atomic E-state index is 0.563. The number of hydrogen-bond donors (Lipinski definition) is 1. The number of nitrogens with one attached hydrogen (secondary N) is 1. The van der Waals surface area contributed by atoms with Crippen molar-refractivity contribution in [1.29, 1.82) is 0 Å². The third-order valence-corrected chi connectivity index (χ3v) is 3.92. The molecule has 0 saturated heterocycles. The standard InChI is InChI=1S/C14H20N4/c1-3-12-8-10-9-15-14(17-13(10)18(12)2)16-11-6-4-5-7-11/h8-9,11H,3-7H2,1-2H3,(H,15,16,17). The molecule has 0 radical (unpaired) electrons. The Balaban J connectivity index is 1.91. The lowest BCUT2D eigenvalue weighted by atomic mass is 10.2. The molecule has 2 aromatic rings. The number of nitrogens with zero attached hydrogens (tertiary/aromatic N) is 3. The summed E-state index contributed by atoms with van der Waals surface area (Å²) in [5.74, 6) is 0.776. The van der Waals surface area contributed by atoms with Crippen LogP contribution in [-0.2, 0) is 13.5 Å². The van der Waals surface area contributed by atoms with E-state index in [9.17, 15) is 0 Å². The maximum Gasteiger partial charge on any atom is 0.224 e. The predicted molar refractivity (Wildman–Crippen MR) is 73.8 cm³/mol. The lowest BCUT2D eigenvalue weighted by molar-refractivity contribution is 0.744. The van der Waals surface area contributed by atoms with Gasteiger partial charge in [0.05, 0.1) is 0 Å². The van der Waals surface area contributed by atoms with E-state index >= 15 is 0 Å². The first-order valence-corrected chi connectivity index (χ1v) is 6.86. The fourth-order valence-corrected chi connectivity index (χ4v) is 2.83. The third kappa shape index (κ3) is 1.96. The van der Waals surface area contributed by atoms with E-state index < -0.39 is 0 Å². The number of aromatic nitrogens is 3. The largest absolute Gasteiger partial charge is 0.351 e. The molecule has 18 heavy (non-hydrogen) atoms. The first-order chi connectivity index (χ1) is 8.78. The number of rotatable bonds is 3. The van der Waals surface area contributed by atoms with Crippen molar-refractivity contribution in [3.8, 4) is 0 Å². The molecule has 0 unspecified atom stereocenters. The molecule has 0 aromatic carbocycles. The maximum atomic E-state index is 4.65. The van der Waals surface area contributed by atoms with Crippen LogP contribution >= 0.6 is 0 Å². The van der Waals surface area contributed by atoms with Gasteiger partial charge in [0.1, 0.15) is 5.65 Å². The Morgan fingerprint density at radius 1 is 1.39 bits per heavy atom. The lowest BCUT2D eigenvalue weighted by Gasteiger charge is -2.11. The van der Waals surface area contributed by atoms with E-state index in [2.05, 4.69) is 39.9 Å². The molecular weight excluding hydrogens is 224 g/mol. The molecule has 1 aliphatic rings. The van der Waals surface area contributed by atoms with Crippen molar-refractivity contribution < 1.29 is 0 Å². The summed E-state index contributed by atoms with van der Waals surface area (Å²) in [6.45, 7) is 2.17. The average Bonchev–Trinajstić information content (AvgIpc) is 2.99. The smallest absolute Gasteiger partial charge is 0.224 e. The zero-order valence-electron chi connectivity index (χ0n) is 11.1. The van der Waals surface area contributed by atoms with Crippen LogP contribution in [0.5, 0.6) is 0 Å². The van der Waals surface area contributed by atoms with Gasteiger partial charge in [-0.3, -0.25) is 0 Å². The quantitative estimate of drug-likeness (QED) is 0.902. The second-order valence-corrected chi connectivity index (χ2v) is 5.15. The normalized spacial score (nSPS) is 16.6. The fraction of sp³-hybridized carbons (Fsp3) is 0.571. The Morgan fingerprint density at radius 2 is 2.17 bits per heavy atom. The van der Waals surface area contributed by atoms with E-state index in [1.54, 1.807) is 0 Å². The highest BCUT2D eigenvalue weighted by atomic mass is 15.2. The van der Waals surface area contributed by atoms with Crippen LogP contribution < -0.4 is 5.32 Å². The van der Waals surface area contributed by atoms with Gasteiger partial charge < -0.3 is 9.88 Å². The molecule has 3 rings (SSSR count). The van der Waals surface area contributed by atoms with E-state index in [-0.39, 0.29) is 0 Å². The van der Waals surface area contributed by atoms with Gasteiger partial charge in [0, 0.05) is 30.4 Å². The summed E-state index contributed by atoms with van der Waals surface area (Å²) >= 11 is 0. The molecule has 4 nitrogen and oxygen atoms in total. The van der Waals surface area contributed by atoms with Crippen LogP contribution in [0.2, 0.25) is 0 Å². The summed E-state index contributed by atoms with van der Waals surface area (Å²) in [7, 11) is 2.08. The van der Waals surface area contributed by atoms with Gasteiger partial charge in [0.15, 0.2) is 0 Å². The topological polar surface area (TPSA) is 42.7 Å². The summed E-state index contributed by atoms with van der Waals surface area (Å²) in [4.78, 5) is 9.07. The first kappa shape index (κ1) is 11.5. The molecule has 0 atom stereocenters. The third-order valence-electron chi connectivity index (χ3n) is 3.92. The highest BCUT2D eigenvalue weighted by Crippen LogP contribution is 2.22. The Kier molecular flexibility index (Phi) is 2.94. The van der Waals surface area contributed by atoms with Gasteiger partial charge in [-0.05, 0) is 25.3 Å². The van der Waals surface area contributed by atoms with Crippen molar-refractivity contribution in [3.63, 3.8) is 0 Å². The van der Waals surface area contributed by atoms with Crippen molar-refractivity contribution in [1.82, 2.24) is 14.5 Å². The molecule has 0 amide bonds. The van der Waals surface area contributed by atoms with Crippen LogP contribution in [-0.4, -0.2) is 20.6 Å². The molecular formula is C14H20N4. The summed E-state index contributed by atoms with van der Waals surface area (Å²) in [5.41, 5.74) is 2.33. The highest BCUT2D eigenvalue weighted by molar-refractivity contribution is 5.77. The summed E-state index contributed by atoms with van der Waals surface area (Å²) in [5, 5.41) is 4.58. The number of hydrogen-bond acceptors (Lipinski definition) is 3. The van der Waals surface area contributed by atoms with Crippen molar-refractivity contribution in [2.75, 3.05) is 5.32 Å². The SMILES string of the molecule is CCc1cc2cnc(NC3CCCC3)nc2n1C. The molecule has 2 heterocycles. The Bertz CT molecular complexity index is 552. The second-order valence-electron chi connectivity index (χ2n) is 5.15. The molecule has 0 bridgehead atoms. The average molecular weight is 244 g/mol. The van der Waals surface area contributed by atoms with Gasteiger partial charge in [-0.25, -0.2) is 4.98 Å². The fourth-order valence-electron chi connectivity index (χ4n) is 2.83. The van der Waals surface area contributed by atoms with Gasteiger partial charge in [0.2, 0.25) is 5.95 Å². The maximum absolute atomic E-state index is 4.65. The molecule has 1 fully saturated rings. The molecule has 2 aromatic heterocycles. The van der Waals surface area contributed by atoms with Crippen LogP contribution in [0.1, 0.15) is 38.3 Å². The molecule has 1 N–H and O–H groups in total. The van der Waals surface area contributed by atoms with E-state index in [1.165, 1.54) is 31.4 Å². The van der Waals surface area contributed by atoms with Crippen LogP contribution in [0, 0.1) is 0 Å². The molecule has 0 aliphatic heterocycles. The molecule has 1 saturated carbocycles. The van der Waals surface area contributed by atoms with E-state index in [1.807, 2.05) is 6.20 Å². The minimum Gasteiger partial charge on any atom is -0.351 e. The Labute approximate surface area is 107 Å². The van der Waals surface area contributed by atoms with Crippen molar-refractivity contribution in [2.24, 2.45) is 7.05 Å². The van der Waals surface area contributed by atoms with Gasteiger partial charge in [0.25, 0.3) is 0 Å². The predicted octanol–water partition coefficient (Wildman–Crippen LogP) is 2.89. The van der Waals surface area contributed by atoms with Crippen molar-refractivity contribution >= 4 is 17.0 Å². The van der Waals surface area contributed by atoms with Crippen LogP contribution in [0.15, 0.2) is 12.3 Å². The Morgan fingerprint density at radius 3 is 2.89 bits per heavy atom. The van der Waals surface area contributed by atoms with E-state index in [4.69, 9.17) is 0 Å². The van der Waals surface area contributed by atoms with E-state index in [0.29, 0.717) is 6.04 Å². The van der Waals surface area contributed by atoms with E-state index in [0.717, 1.165) is 23.4 Å². The zero-order chi connectivity index (χ0) is 12.5. The molecule has 4 heteroatoms. The highest BCUT2D eigenvalue weighted by Gasteiger charge is 2.16. The summed E-state index contributed by atoms with van der Waals surface area (Å²) < 4.78 is 2.16. The number of aryl methyl sites for hydroxylation is 2. The van der Waals surface area contributed by atoms with Gasteiger partial charge in [-0.1, -0.05) is 19.8 Å². The van der Waals surface area contributed by atoms with Crippen LogP contribution in [0.25, 0.3) is 11.0 Å². The second kappa shape index (κ2) is 4.59. The monoisotopic (exact) mass is 244 g/mol. The van der Waals surface area contributed by atoms with Gasteiger partial charge >= 0.3 is 0 Å². The van der Waals surface area contributed by atoms with Crippen molar-refractivity contribution in [3.05, 3.63) is 18.0 Å². The first-order valence-electron chi connectivity index (χ1n) is 6.86. The van der Waals surface area contributed by atoms with Gasteiger partial charge in [-0.15, -0.1) is 0 Å².